The van der Waals surface area contributed by atoms with Crippen LogP contribution in [0.3, 0.4) is 0 Å². The molecule has 7 nitrogen and oxygen atoms in total. The summed E-state index contributed by atoms with van der Waals surface area (Å²) in [5.74, 6) is -8.78. The van der Waals surface area contributed by atoms with E-state index in [0.717, 1.165) is 12.1 Å². The van der Waals surface area contributed by atoms with Gasteiger partial charge in [0, 0.05) is 0 Å². The highest BCUT2D eigenvalue weighted by Crippen LogP contribution is 2.53. The maximum absolute atomic E-state index is 14.0. The summed E-state index contributed by atoms with van der Waals surface area (Å²) in [5.41, 5.74) is -0.215. The molecule has 0 saturated heterocycles. The highest BCUT2D eigenvalue weighted by molar-refractivity contribution is 7.86. The van der Waals surface area contributed by atoms with E-state index in [4.69, 9.17) is 9.81 Å². The third kappa shape index (κ3) is 5.99. The Morgan fingerprint density at radius 3 is 1.69 bits per heavy atom. The molecule has 0 spiro atoms. The number of hydrogen-bond donors (Lipinski definition) is 1. The van der Waals surface area contributed by atoms with Gasteiger partial charge in [-0.1, -0.05) is 0 Å². The molecule has 0 amide bonds. The van der Waals surface area contributed by atoms with Crippen molar-refractivity contribution in [1.29, 1.82) is 5.26 Å². The fourth-order valence-corrected chi connectivity index (χ4v) is 2.09. The molecule has 200 valence electrons. The zero-order valence-electron chi connectivity index (χ0n) is 15.6. The predicted octanol–water partition coefficient (Wildman–Crippen LogP) is 4.75. The molecule has 0 aliphatic carbocycles. The molecule has 2 unspecified atom stereocenters. The van der Waals surface area contributed by atoms with E-state index in [9.17, 15) is 65.5 Å². The molecule has 1 rings (SSSR count). The van der Waals surface area contributed by atoms with E-state index in [1.54, 1.807) is 4.74 Å². The predicted molar refractivity (Wildman–Crippen MR) is 80.1 cm³/mol. The molecule has 0 saturated carbocycles. The fraction of sp³-hybridized carbons (Fsp3) is 0.500. The third-order valence-corrected chi connectivity index (χ3v) is 4.31. The van der Waals surface area contributed by atoms with Crippen molar-refractivity contribution in [3.63, 3.8) is 0 Å². The SMILES string of the molecule is N#Cc1ccc(OC(F)(F)C(F)OC(F)(F)C(F)(OC(F)(F)C(F)(F)S(=O)(=O)O)C(F)(F)F)cc1. The van der Waals surface area contributed by atoms with E-state index >= 15 is 0 Å². The van der Waals surface area contributed by atoms with Gasteiger partial charge >= 0.3 is 52.1 Å². The van der Waals surface area contributed by atoms with Crippen LogP contribution in [0.15, 0.2) is 24.3 Å². The lowest BCUT2D eigenvalue weighted by molar-refractivity contribution is -0.527. The molecule has 0 aliphatic rings. The summed E-state index contributed by atoms with van der Waals surface area (Å²) in [5, 5.41) is 1.28. The van der Waals surface area contributed by atoms with Gasteiger partial charge in [-0.2, -0.15) is 66.4 Å². The van der Waals surface area contributed by atoms with E-state index in [0.29, 0.717) is 12.1 Å². The molecule has 0 aliphatic heterocycles. The smallest absolute Gasteiger partial charge is 0.429 e. The second-order valence-corrected chi connectivity index (χ2v) is 7.42. The summed E-state index contributed by atoms with van der Waals surface area (Å²) >= 11 is 0. The molecule has 35 heavy (non-hydrogen) atoms. The summed E-state index contributed by atoms with van der Waals surface area (Å²) in [7, 11) is -7.47. The van der Waals surface area contributed by atoms with E-state index in [1.807, 2.05) is 0 Å². The van der Waals surface area contributed by atoms with Crippen molar-refractivity contribution in [3.05, 3.63) is 29.8 Å². The number of alkyl halides is 13. The van der Waals surface area contributed by atoms with Gasteiger partial charge in [0.1, 0.15) is 5.75 Å². The van der Waals surface area contributed by atoms with Crippen LogP contribution in [0.5, 0.6) is 5.75 Å². The second kappa shape index (κ2) is 9.14. The molecule has 21 heteroatoms. The molecule has 1 aromatic carbocycles. The first-order valence-electron chi connectivity index (χ1n) is 7.80. The lowest BCUT2D eigenvalue weighted by Crippen LogP contribution is -2.65. The standard InChI is InChI=1S/C14H6F13NO6S/c15-8(9(16,17)32-7-3-1-6(5-28)2-4-7)33-12(22,23)10(18,11(19,20)21)34-13(24,25)14(26,27)35(29,30)31/h1-4,8H,(H,29,30,31). The van der Waals surface area contributed by atoms with Crippen molar-refractivity contribution >= 4 is 10.1 Å². The minimum Gasteiger partial charge on any atom is -0.429 e. The Labute approximate surface area is 184 Å². The van der Waals surface area contributed by atoms with Crippen LogP contribution in [-0.2, 0) is 19.6 Å². The molecule has 1 N–H and O–H groups in total. The van der Waals surface area contributed by atoms with Gasteiger partial charge in [-0.3, -0.25) is 14.0 Å². The number of nitriles is 1. The molecule has 0 bridgehead atoms. The van der Waals surface area contributed by atoms with Crippen LogP contribution in [0.2, 0.25) is 0 Å². The van der Waals surface area contributed by atoms with Crippen molar-refractivity contribution in [2.75, 3.05) is 0 Å². The van der Waals surface area contributed by atoms with Gasteiger partial charge in [0.2, 0.25) is 0 Å². The average molecular weight is 563 g/mol. The minimum atomic E-state index is -7.63. The van der Waals surface area contributed by atoms with Crippen molar-refractivity contribution in [2.45, 2.75) is 42.0 Å². The Kier molecular flexibility index (Phi) is 7.95. The molecule has 0 heterocycles. The third-order valence-electron chi connectivity index (χ3n) is 3.42. The Morgan fingerprint density at radius 1 is 0.857 bits per heavy atom. The summed E-state index contributed by atoms with van der Waals surface area (Å²) in [6, 6.07) is 3.89. The van der Waals surface area contributed by atoms with Gasteiger partial charge in [0.05, 0.1) is 11.6 Å². The quantitative estimate of drug-likeness (QED) is 0.324. The number of benzene rings is 1. The number of ether oxygens (including phenoxy) is 3. The lowest BCUT2D eigenvalue weighted by Gasteiger charge is -2.37. The fourth-order valence-electron chi connectivity index (χ4n) is 1.74. The first kappa shape index (κ1) is 30.5. The number of halogens is 13. The first-order valence-corrected chi connectivity index (χ1v) is 9.24. The Balaban J connectivity index is 3.34. The number of hydrogen-bond acceptors (Lipinski definition) is 6. The van der Waals surface area contributed by atoms with Gasteiger partial charge < -0.3 is 4.74 Å². The largest absolute Gasteiger partial charge is 0.460 e. The van der Waals surface area contributed by atoms with Gasteiger partial charge in [-0.05, 0) is 24.3 Å². The van der Waals surface area contributed by atoms with Crippen molar-refractivity contribution in [1.82, 2.24) is 0 Å². The van der Waals surface area contributed by atoms with Crippen molar-refractivity contribution in [2.24, 2.45) is 0 Å². The van der Waals surface area contributed by atoms with Gasteiger partial charge in [-0.25, -0.2) is 4.39 Å². The molecular weight excluding hydrogens is 557 g/mol. The zero-order valence-corrected chi connectivity index (χ0v) is 16.5. The van der Waals surface area contributed by atoms with Crippen LogP contribution in [0.1, 0.15) is 5.56 Å². The van der Waals surface area contributed by atoms with Crippen LogP contribution >= 0.6 is 0 Å². The van der Waals surface area contributed by atoms with Crippen LogP contribution in [-0.4, -0.2) is 54.9 Å². The molecule has 0 aromatic heterocycles. The number of nitrogens with zero attached hydrogens (tertiary/aromatic N) is 1. The topological polar surface area (TPSA) is 106 Å². The van der Waals surface area contributed by atoms with Crippen LogP contribution < -0.4 is 4.74 Å². The highest BCUT2D eigenvalue weighted by atomic mass is 32.2. The second-order valence-electron chi connectivity index (χ2n) is 5.95. The lowest BCUT2D eigenvalue weighted by atomic mass is 10.2. The monoisotopic (exact) mass is 563 g/mol. The Bertz CT molecular complexity index is 1050. The van der Waals surface area contributed by atoms with Crippen LogP contribution in [0, 0.1) is 11.3 Å². The molecule has 1 aromatic rings. The normalized spacial score (nSPS) is 16.8. The van der Waals surface area contributed by atoms with E-state index in [-0.39, 0.29) is 5.56 Å². The summed E-state index contributed by atoms with van der Waals surface area (Å²) in [6.45, 7) is 0. The average Bonchev–Trinajstić information content (AvgIpc) is 2.65. The summed E-state index contributed by atoms with van der Waals surface area (Å²) in [4.78, 5) is 0. The maximum atomic E-state index is 14.0. The Hall–Kier alpha value is -2.57. The van der Waals surface area contributed by atoms with E-state index in [2.05, 4.69) is 9.47 Å². The molecule has 2 atom stereocenters. The Morgan fingerprint density at radius 2 is 1.31 bits per heavy atom. The summed E-state index contributed by atoms with van der Waals surface area (Å²) < 4.78 is 209. The number of rotatable bonds is 10. The van der Waals surface area contributed by atoms with Crippen molar-refractivity contribution in [3.8, 4) is 11.8 Å². The minimum absolute atomic E-state index is 0.215. The van der Waals surface area contributed by atoms with E-state index < -0.39 is 57.8 Å². The van der Waals surface area contributed by atoms with Gasteiger partial charge in [0.15, 0.2) is 0 Å². The van der Waals surface area contributed by atoms with Crippen LogP contribution in [0.4, 0.5) is 57.1 Å². The van der Waals surface area contributed by atoms with E-state index in [1.165, 1.54) is 6.07 Å². The van der Waals surface area contributed by atoms with Gasteiger partial charge in [-0.15, -0.1) is 0 Å². The molecular formula is C14H6F13NO6S. The van der Waals surface area contributed by atoms with Crippen molar-refractivity contribution < 1.29 is 84.3 Å². The summed E-state index contributed by atoms with van der Waals surface area (Å²) in [6.07, 6.45) is -33.4. The van der Waals surface area contributed by atoms with Crippen LogP contribution in [0.25, 0.3) is 0 Å². The molecule has 0 radical (unpaired) electrons. The first-order chi connectivity index (χ1) is 15.3. The molecule has 0 fully saturated rings. The highest BCUT2D eigenvalue weighted by Gasteiger charge is 2.82. The van der Waals surface area contributed by atoms with Gasteiger partial charge in [0.25, 0.3) is 0 Å². The maximum Gasteiger partial charge on any atom is 0.460 e. The zero-order chi connectivity index (χ0) is 27.9.